The van der Waals surface area contributed by atoms with Crippen molar-refractivity contribution < 1.29 is 17.9 Å². The van der Waals surface area contributed by atoms with Gasteiger partial charge in [-0.15, -0.1) is 0 Å². The summed E-state index contributed by atoms with van der Waals surface area (Å²) in [6, 6.07) is 0. The third-order valence-corrected chi connectivity index (χ3v) is 4.56. The van der Waals surface area contributed by atoms with Crippen molar-refractivity contribution in [2.75, 3.05) is 12.9 Å². The van der Waals surface area contributed by atoms with Gasteiger partial charge in [0.25, 0.3) is 0 Å². The van der Waals surface area contributed by atoms with Gasteiger partial charge in [-0.1, -0.05) is 57.9 Å². The van der Waals surface area contributed by atoms with Crippen LogP contribution in [0.2, 0.25) is 0 Å². The first-order valence-corrected chi connectivity index (χ1v) is 9.19. The highest BCUT2D eigenvalue weighted by Crippen LogP contribution is 2.09. The molecule has 0 unspecified atom stereocenters. The highest BCUT2D eigenvalue weighted by molar-refractivity contribution is 7.94. The number of sulfone groups is 1. The highest BCUT2D eigenvalue weighted by atomic mass is 32.2. The van der Waals surface area contributed by atoms with E-state index in [-0.39, 0.29) is 12.2 Å². The van der Waals surface area contributed by atoms with E-state index in [4.69, 9.17) is 0 Å². The Bertz CT molecular complexity index is 371. The first kappa shape index (κ1) is 19.2. The smallest absolute Gasteiger partial charge is 0.309 e. The summed E-state index contributed by atoms with van der Waals surface area (Å²) in [6.45, 7) is 2.19. The molecule has 0 aliphatic heterocycles. The fourth-order valence-electron chi connectivity index (χ4n) is 1.88. The molecule has 5 heteroatoms. The standard InChI is InChI=1S/C15H28O4S/c1-3-4-5-6-7-8-9-10-13-20(17,18)14-11-12-15(16)19-2/h11,14H,3-10,12-13H2,1-2H3/b14-11+. The van der Waals surface area contributed by atoms with Crippen LogP contribution in [0.4, 0.5) is 0 Å². The predicted octanol–water partition coefficient (Wildman–Crippen LogP) is 3.62. The average molecular weight is 304 g/mol. The summed E-state index contributed by atoms with van der Waals surface area (Å²) in [6.07, 6.45) is 10.4. The largest absolute Gasteiger partial charge is 0.469 e. The number of methoxy groups -OCH3 is 1. The fraction of sp³-hybridized carbons (Fsp3) is 0.800. The Hall–Kier alpha value is -0.840. The van der Waals surface area contributed by atoms with Crippen molar-refractivity contribution in [1.82, 2.24) is 0 Å². The minimum atomic E-state index is -3.18. The van der Waals surface area contributed by atoms with Gasteiger partial charge in [0.1, 0.15) is 0 Å². The number of carbonyl (C=O) groups is 1. The van der Waals surface area contributed by atoms with Gasteiger partial charge in [-0.2, -0.15) is 0 Å². The number of esters is 1. The Balaban J connectivity index is 3.65. The van der Waals surface area contributed by atoms with Crippen LogP contribution >= 0.6 is 0 Å². The minimum Gasteiger partial charge on any atom is -0.469 e. The van der Waals surface area contributed by atoms with Crippen molar-refractivity contribution in [3.8, 4) is 0 Å². The Morgan fingerprint density at radius 2 is 1.55 bits per heavy atom. The normalized spacial score (nSPS) is 11.9. The van der Waals surface area contributed by atoms with Gasteiger partial charge in [-0.25, -0.2) is 8.42 Å². The van der Waals surface area contributed by atoms with E-state index in [1.807, 2.05) is 0 Å². The van der Waals surface area contributed by atoms with E-state index in [9.17, 15) is 13.2 Å². The maximum Gasteiger partial charge on any atom is 0.309 e. The summed E-state index contributed by atoms with van der Waals surface area (Å²) in [7, 11) is -1.89. The summed E-state index contributed by atoms with van der Waals surface area (Å²) < 4.78 is 27.7. The molecule has 0 spiro atoms. The quantitative estimate of drug-likeness (QED) is 0.408. The van der Waals surface area contributed by atoms with Gasteiger partial charge in [0.15, 0.2) is 9.84 Å². The fourth-order valence-corrected chi connectivity index (χ4v) is 3.01. The van der Waals surface area contributed by atoms with Crippen molar-refractivity contribution >= 4 is 15.8 Å². The molecule has 0 heterocycles. The van der Waals surface area contributed by atoms with Crippen LogP contribution in [0.5, 0.6) is 0 Å². The van der Waals surface area contributed by atoms with Gasteiger partial charge >= 0.3 is 5.97 Å². The van der Waals surface area contributed by atoms with Crippen LogP contribution in [0, 0.1) is 0 Å². The molecule has 0 atom stereocenters. The second kappa shape index (κ2) is 11.9. The Morgan fingerprint density at radius 3 is 2.10 bits per heavy atom. The molecule has 0 N–H and O–H groups in total. The predicted molar refractivity (Wildman–Crippen MR) is 82.2 cm³/mol. The summed E-state index contributed by atoms with van der Waals surface area (Å²) in [5.41, 5.74) is 0. The van der Waals surface area contributed by atoms with E-state index in [1.54, 1.807) is 0 Å². The molecule has 0 aliphatic carbocycles. The molecule has 0 bridgehead atoms. The number of hydrogen-bond donors (Lipinski definition) is 0. The highest BCUT2D eigenvalue weighted by Gasteiger charge is 2.06. The number of hydrogen-bond acceptors (Lipinski definition) is 4. The molecule has 118 valence electrons. The van der Waals surface area contributed by atoms with Gasteiger partial charge in [-0.3, -0.25) is 4.79 Å². The zero-order valence-electron chi connectivity index (χ0n) is 12.8. The van der Waals surface area contributed by atoms with Gasteiger partial charge in [0.05, 0.1) is 19.3 Å². The van der Waals surface area contributed by atoms with Gasteiger partial charge in [0.2, 0.25) is 0 Å². The molecule has 0 amide bonds. The third kappa shape index (κ3) is 12.2. The zero-order valence-corrected chi connectivity index (χ0v) is 13.6. The number of unbranched alkanes of at least 4 members (excludes halogenated alkanes) is 7. The molecule has 0 saturated carbocycles. The van der Waals surface area contributed by atoms with Gasteiger partial charge in [-0.05, 0) is 6.42 Å². The second-order valence-corrected chi connectivity index (χ2v) is 7.00. The van der Waals surface area contributed by atoms with Crippen LogP contribution in [-0.2, 0) is 19.4 Å². The first-order valence-electron chi connectivity index (χ1n) is 7.48. The van der Waals surface area contributed by atoms with Gasteiger partial charge < -0.3 is 4.74 Å². The van der Waals surface area contributed by atoms with Crippen LogP contribution < -0.4 is 0 Å². The molecule has 0 fully saturated rings. The lowest BCUT2D eigenvalue weighted by Gasteiger charge is -2.01. The molecule has 4 nitrogen and oxygen atoms in total. The van der Waals surface area contributed by atoms with Crippen molar-refractivity contribution in [2.45, 2.75) is 64.7 Å². The molecular formula is C15H28O4S. The number of ether oxygens (including phenoxy) is 1. The van der Waals surface area contributed by atoms with Gasteiger partial charge in [0, 0.05) is 5.41 Å². The Labute approximate surface area is 123 Å². The first-order chi connectivity index (χ1) is 9.52. The molecule has 0 aromatic heterocycles. The number of rotatable bonds is 12. The van der Waals surface area contributed by atoms with Crippen molar-refractivity contribution in [3.63, 3.8) is 0 Å². The Kier molecular flexibility index (Phi) is 11.4. The molecule has 0 rings (SSSR count). The average Bonchev–Trinajstić information content (AvgIpc) is 2.41. The third-order valence-electron chi connectivity index (χ3n) is 3.10. The molecule has 0 aromatic rings. The summed E-state index contributed by atoms with van der Waals surface area (Å²) >= 11 is 0. The number of carbonyl (C=O) groups excluding carboxylic acids is 1. The maximum absolute atomic E-state index is 11.6. The van der Waals surface area contributed by atoms with Crippen LogP contribution in [0.25, 0.3) is 0 Å². The molecular weight excluding hydrogens is 276 g/mol. The SMILES string of the molecule is CCCCCCCCCCS(=O)(=O)/C=C/CC(=O)OC. The van der Waals surface area contributed by atoms with Crippen molar-refractivity contribution in [1.29, 1.82) is 0 Å². The summed E-state index contributed by atoms with van der Waals surface area (Å²) in [5.74, 6) is -0.261. The summed E-state index contributed by atoms with van der Waals surface area (Å²) in [5, 5.41) is 1.13. The lowest BCUT2D eigenvalue weighted by molar-refractivity contribution is -0.139. The maximum atomic E-state index is 11.6. The molecule has 0 radical (unpaired) electrons. The lowest BCUT2D eigenvalue weighted by Crippen LogP contribution is -2.03. The zero-order chi connectivity index (χ0) is 15.3. The van der Waals surface area contributed by atoms with Crippen LogP contribution in [0.1, 0.15) is 64.7 Å². The van der Waals surface area contributed by atoms with E-state index < -0.39 is 15.8 Å². The van der Waals surface area contributed by atoms with Crippen LogP contribution in [-0.4, -0.2) is 27.2 Å². The van der Waals surface area contributed by atoms with Crippen LogP contribution in [0.15, 0.2) is 11.5 Å². The summed E-state index contributed by atoms with van der Waals surface area (Å²) in [4.78, 5) is 10.8. The molecule has 0 aromatic carbocycles. The molecule has 0 saturated heterocycles. The van der Waals surface area contributed by atoms with Crippen molar-refractivity contribution in [3.05, 3.63) is 11.5 Å². The van der Waals surface area contributed by atoms with Crippen molar-refractivity contribution in [2.24, 2.45) is 0 Å². The second-order valence-electron chi connectivity index (χ2n) is 4.99. The monoisotopic (exact) mass is 304 g/mol. The van der Waals surface area contributed by atoms with E-state index in [0.717, 1.165) is 18.2 Å². The van der Waals surface area contributed by atoms with E-state index in [1.165, 1.54) is 45.3 Å². The van der Waals surface area contributed by atoms with Crippen LogP contribution in [0.3, 0.4) is 0 Å². The lowest BCUT2D eigenvalue weighted by atomic mass is 10.1. The molecule has 0 aliphatic rings. The van der Waals surface area contributed by atoms with E-state index in [2.05, 4.69) is 11.7 Å². The minimum absolute atomic E-state index is 0.00710. The molecule has 20 heavy (non-hydrogen) atoms. The van der Waals surface area contributed by atoms with E-state index >= 15 is 0 Å². The topological polar surface area (TPSA) is 60.4 Å². The Morgan fingerprint density at radius 1 is 1.00 bits per heavy atom. The van der Waals surface area contributed by atoms with E-state index in [0.29, 0.717) is 6.42 Å².